The van der Waals surface area contributed by atoms with E-state index in [1.807, 2.05) is 37.3 Å². The maximum Gasteiger partial charge on any atom is 0.227 e. The Balaban J connectivity index is 1.47. The second-order valence-corrected chi connectivity index (χ2v) is 9.42. The summed E-state index contributed by atoms with van der Waals surface area (Å²) >= 11 is 0. The quantitative estimate of drug-likeness (QED) is 0.808. The van der Waals surface area contributed by atoms with E-state index in [2.05, 4.69) is 5.32 Å². The zero-order valence-corrected chi connectivity index (χ0v) is 15.7. The Hall–Kier alpha value is -1.40. The van der Waals surface area contributed by atoms with Crippen molar-refractivity contribution < 1.29 is 13.2 Å². The van der Waals surface area contributed by atoms with E-state index in [1.165, 1.54) is 0 Å². The molecule has 2 fully saturated rings. The number of benzene rings is 1. The summed E-state index contributed by atoms with van der Waals surface area (Å²) in [6, 6.07) is 9.87. The number of hydrogen-bond donors (Lipinski definition) is 1. The summed E-state index contributed by atoms with van der Waals surface area (Å²) in [7, 11) is -3.05. The van der Waals surface area contributed by atoms with Gasteiger partial charge < -0.3 is 5.32 Å². The number of nitrogens with zero attached hydrogens (tertiary/aromatic N) is 1. The van der Waals surface area contributed by atoms with Crippen LogP contribution < -0.4 is 5.32 Å². The van der Waals surface area contributed by atoms with Crippen molar-refractivity contribution in [1.82, 2.24) is 9.62 Å². The molecule has 1 saturated heterocycles. The Morgan fingerprint density at radius 3 is 2.36 bits per heavy atom. The van der Waals surface area contributed by atoms with Gasteiger partial charge >= 0.3 is 0 Å². The molecule has 1 aliphatic heterocycles. The predicted molar refractivity (Wildman–Crippen MR) is 98.7 cm³/mol. The molecule has 1 aliphatic carbocycles. The van der Waals surface area contributed by atoms with Gasteiger partial charge in [-0.15, -0.1) is 0 Å². The molecule has 138 valence electrons. The van der Waals surface area contributed by atoms with Crippen molar-refractivity contribution in [3.05, 3.63) is 35.9 Å². The topological polar surface area (TPSA) is 66.5 Å². The van der Waals surface area contributed by atoms with Gasteiger partial charge in [0.25, 0.3) is 0 Å². The number of carbonyl (C=O) groups excluding carboxylic acids is 1. The fraction of sp³-hybridized carbons (Fsp3) is 0.632. The van der Waals surface area contributed by atoms with Crippen molar-refractivity contribution in [2.24, 2.45) is 5.92 Å². The lowest BCUT2D eigenvalue weighted by atomic mass is 9.94. The summed E-state index contributed by atoms with van der Waals surface area (Å²) in [4.78, 5) is 12.5. The van der Waals surface area contributed by atoms with Crippen molar-refractivity contribution in [2.45, 2.75) is 50.2 Å². The molecular formula is C19H28N2O3S. The lowest BCUT2D eigenvalue weighted by Crippen LogP contribution is -2.43. The standard InChI is InChI=1S/C19H28N2O3S/c1-2-18(16-6-4-3-5-7-16)19(22)20-14-15-10-12-21(13-11-15)25(23,24)17-8-9-17/h3-7,15,17-18H,2,8-14H2,1H3,(H,20,22). The van der Waals surface area contributed by atoms with E-state index in [0.29, 0.717) is 25.6 Å². The molecule has 1 amide bonds. The van der Waals surface area contributed by atoms with Gasteiger partial charge in [-0.05, 0) is 43.6 Å². The van der Waals surface area contributed by atoms with E-state index in [0.717, 1.165) is 37.7 Å². The first-order valence-electron chi connectivity index (χ1n) is 9.34. The van der Waals surface area contributed by atoms with Crippen LogP contribution in [0.1, 0.15) is 50.5 Å². The zero-order chi connectivity index (χ0) is 17.9. The summed E-state index contributed by atoms with van der Waals surface area (Å²) in [6.07, 6.45) is 4.06. The fourth-order valence-corrected chi connectivity index (χ4v) is 5.44. The fourth-order valence-electron chi connectivity index (χ4n) is 3.57. The van der Waals surface area contributed by atoms with E-state index in [9.17, 15) is 13.2 Å². The molecule has 25 heavy (non-hydrogen) atoms. The molecule has 0 bridgehead atoms. The minimum Gasteiger partial charge on any atom is -0.355 e. The van der Waals surface area contributed by atoms with Crippen molar-refractivity contribution >= 4 is 15.9 Å². The van der Waals surface area contributed by atoms with Crippen molar-refractivity contribution in [2.75, 3.05) is 19.6 Å². The first-order valence-corrected chi connectivity index (χ1v) is 10.8. The monoisotopic (exact) mass is 364 g/mol. The van der Waals surface area contributed by atoms with Crippen molar-refractivity contribution in [1.29, 1.82) is 0 Å². The normalized spacial score (nSPS) is 21.0. The van der Waals surface area contributed by atoms with Gasteiger partial charge in [-0.3, -0.25) is 4.79 Å². The first kappa shape index (κ1) is 18.4. The summed E-state index contributed by atoms with van der Waals surface area (Å²) in [5.41, 5.74) is 1.05. The third-order valence-electron chi connectivity index (χ3n) is 5.37. The maximum atomic E-state index is 12.5. The Morgan fingerprint density at radius 1 is 1.16 bits per heavy atom. The molecule has 3 rings (SSSR count). The summed E-state index contributed by atoms with van der Waals surface area (Å²) in [5, 5.41) is 2.96. The average Bonchev–Trinajstić information content (AvgIpc) is 3.47. The van der Waals surface area contributed by atoms with Gasteiger partial charge in [0.2, 0.25) is 15.9 Å². The molecule has 1 N–H and O–H groups in total. The molecule has 6 heteroatoms. The van der Waals surface area contributed by atoms with Gasteiger partial charge in [-0.2, -0.15) is 0 Å². The Labute approximate surface area is 150 Å². The van der Waals surface area contributed by atoms with Crippen LogP contribution in [0.15, 0.2) is 30.3 Å². The van der Waals surface area contributed by atoms with E-state index < -0.39 is 10.0 Å². The second-order valence-electron chi connectivity index (χ2n) is 7.20. The Bertz CT molecular complexity index is 678. The SMILES string of the molecule is CCC(C(=O)NCC1CCN(S(=O)(=O)C2CC2)CC1)c1ccccc1. The minimum absolute atomic E-state index is 0.0710. The third kappa shape index (κ3) is 4.42. The first-order chi connectivity index (χ1) is 12.0. The lowest BCUT2D eigenvalue weighted by molar-refractivity contribution is -0.122. The molecular weight excluding hydrogens is 336 g/mol. The van der Waals surface area contributed by atoms with E-state index in [1.54, 1.807) is 4.31 Å². The molecule has 1 aromatic carbocycles. The van der Waals surface area contributed by atoms with Crippen LogP contribution in [0.5, 0.6) is 0 Å². The zero-order valence-electron chi connectivity index (χ0n) is 14.9. The molecule has 0 radical (unpaired) electrons. The molecule has 0 aromatic heterocycles. The predicted octanol–water partition coefficient (Wildman–Crippen LogP) is 2.50. The summed E-state index contributed by atoms with van der Waals surface area (Å²) < 4.78 is 26.2. The number of hydrogen-bond acceptors (Lipinski definition) is 3. The van der Waals surface area contributed by atoms with Gasteiger partial charge in [0.05, 0.1) is 11.2 Å². The summed E-state index contributed by atoms with van der Waals surface area (Å²) in [5.74, 6) is 0.321. The van der Waals surface area contributed by atoms with Crippen LogP contribution in [0.3, 0.4) is 0 Å². The number of rotatable bonds is 7. The van der Waals surface area contributed by atoms with Crippen LogP contribution in [0, 0.1) is 5.92 Å². The van der Waals surface area contributed by atoms with E-state index in [4.69, 9.17) is 0 Å². The lowest BCUT2D eigenvalue weighted by Gasteiger charge is -2.31. The van der Waals surface area contributed by atoms with Crippen LogP contribution in [0.2, 0.25) is 0 Å². The molecule has 5 nitrogen and oxygen atoms in total. The average molecular weight is 365 g/mol. The number of piperidine rings is 1. The number of sulfonamides is 1. The van der Waals surface area contributed by atoms with Crippen LogP contribution >= 0.6 is 0 Å². The van der Waals surface area contributed by atoms with Gasteiger partial charge in [-0.1, -0.05) is 37.3 Å². The highest BCUT2D eigenvalue weighted by Gasteiger charge is 2.41. The Kier molecular flexibility index (Phi) is 5.79. The van der Waals surface area contributed by atoms with Gasteiger partial charge in [0.1, 0.15) is 0 Å². The number of amides is 1. The van der Waals surface area contributed by atoms with Crippen LogP contribution in [0.25, 0.3) is 0 Å². The van der Waals surface area contributed by atoms with Crippen LogP contribution in [0.4, 0.5) is 0 Å². The number of carbonyl (C=O) groups is 1. The second kappa shape index (κ2) is 7.87. The smallest absolute Gasteiger partial charge is 0.227 e. The Morgan fingerprint density at radius 2 is 1.80 bits per heavy atom. The molecule has 1 aromatic rings. The highest BCUT2D eigenvalue weighted by Crippen LogP contribution is 2.33. The summed E-state index contributed by atoms with van der Waals surface area (Å²) in [6.45, 7) is 3.85. The highest BCUT2D eigenvalue weighted by atomic mass is 32.2. The molecule has 1 unspecified atom stereocenters. The van der Waals surface area contributed by atoms with Gasteiger partial charge in [0.15, 0.2) is 0 Å². The van der Waals surface area contributed by atoms with E-state index in [-0.39, 0.29) is 17.1 Å². The van der Waals surface area contributed by atoms with Gasteiger partial charge in [0, 0.05) is 19.6 Å². The van der Waals surface area contributed by atoms with Gasteiger partial charge in [-0.25, -0.2) is 12.7 Å². The van der Waals surface area contributed by atoms with Crippen LogP contribution in [-0.2, 0) is 14.8 Å². The highest BCUT2D eigenvalue weighted by molar-refractivity contribution is 7.90. The number of nitrogens with one attached hydrogen (secondary N) is 1. The molecule has 1 heterocycles. The maximum absolute atomic E-state index is 12.5. The minimum atomic E-state index is -3.05. The molecule has 1 saturated carbocycles. The molecule has 0 spiro atoms. The van der Waals surface area contributed by atoms with E-state index >= 15 is 0 Å². The molecule has 2 aliphatic rings. The largest absolute Gasteiger partial charge is 0.355 e. The van der Waals surface area contributed by atoms with Crippen LogP contribution in [-0.4, -0.2) is 43.5 Å². The molecule has 1 atom stereocenters. The van der Waals surface area contributed by atoms with Crippen molar-refractivity contribution in [3.63, 3.8) is 0 Å². The third-order valence-corrected chi connectivity index (χ3v) is 7.77. The van der Waals surface area contributed by atoms with Crippen molar-refractivity contribution in [3.8, 4) is 0 Å².